The molecule has 2 fully saturated rings. The van der Waals surface area contributed by atoms with E-state index >= 15 is 0 Å². The molecule has 3 aromatic rings. The van der Waals surface area contributed by atoms with E-state index in [1.54, 1.807) is 37.6 Å². The van der Waals surface area contributed by atoms with Crippen LogP contribution in [0.15, 0.2) is 53.6 Å². The molecule has 0 atom stereocenters. The molecule has 2 saturated heterocycles. The third kappa shape index (κ3) is 7.98. The molecule has 2 aliphatic heterocycles. The molecule has 0 radical (unpaired) electrons. The van der Waals surface area contributed by atoms with Crippen molar-refractivity contribution in [3.63, 3.8) is 0 Å². The molecule has 2 aliphatic rings. The second-order valence-electron chi connectivity index (χ2n) is 12.8. The molecule has 2 aromatic carbocycles. The van der Waals surface area contributed by atoms with Crippen LogP contribution in [0, 0.1) is 6.92 Å². The number of hydrogen-bond acceptors (Lipinski definition) is 10. The van der Waals surface area contributed by atoms with Crippen molar-refractivity contribution in [3.8, 4) is 5.75 Å². The summed E-state index contributed by atoms with van der Waals surface area (Å²) in [6.07, 6.45) is 4.06. The summed E-state index contributed by atoms with van der Waals surface area (Å²) >= 11 is 0. The number of sulfonamides is 1. The minimum atomic E-state index is -3.68. The molecule has 0 bridgehead atoms. The maximum atomic E-state index is 12.9. The van der Waals surface area contributed by atoms with Gasteiger partial charge in [-0.2, -0.15) is 4.98 Å². The fraction of sp³-hybridized carbons (Fsp3) is 0.500. The van der Waals surface area contributed by atoms with Crippen molar-refractivity contribution in [2.45, 2.75) is 57.0 Å². The largest absolute Gasteiger partial charge is 0.494 e. The number of piperazine rings is 1. The van der Waals surface area contributed by atoms with Gasteiger partial charge in [-0.05, 0) is 77.9 Å². The van der Waals surface area contributed by atoms with Gasteiger partial charge in [0.2, 0.25) is 16.0 Å². The number of aryl methyl sites for hydroxylation is 1. The van der Waals surface area contributed by atoms with Gasteiger partial charge >= 0.3 is 0 Å². The summed E-state index contributed by atoms with van der Waals surface area (Å²) in [6, 6.07) is 13.5. The smallest absolute Gasteiger partial charge is 0.241 e. The van der Waals surface area contributed by atoms with E-state index in [-0.39, 0.29) is 4.90 Å². The van der Waals surface area contributed by atoms with Crippen LogP contribution in [0.1, 0.15) is 39.2 Å². The van der Waals surface area contributed by atoms with E-state index < -0.39 is 15.6 Å². The highest BCUT2D eigenvalue weighted by molar-refractivity contribution is 7.89. The van der Waals surface area contributed by atoms with Crippen LogP contribution in [0.5, 0.6) is 5.75 Å². The third-order valence-corrected chi connectivity index (χ3v) is 9.89. The predicted molar refractivity (Wildman–Crippen MR) is 177 cm³/mol. The van der Waals surface area contributed by atoms with Crippen LogP contribution in [0.2, 0.25) is 0 Å². The summed E-state index contributed by atoms with van der Waals surface area (Å²) in [7, 11) is 0.196. The Morgan fingerprint density at radius 3 is 2.36 bits per heavy atom. The van der Waals surface area contributed by atoms with Gasteiger partial charge in [-0.15, -0.1) is 0 Å². The molecule has 3 N–H and O–H groups in total. The van der Waals surface area contributed by atoms with Gasteiger partial charge in [0.25, 0.3) is 0 Å². The number of likely N-dealkylation sites (N-methyl/N-ethyl adjacent to an activating group) is 1. The molecule has 0 aliphatic carbocycles. The van der Waals surface area contributed by atoms with Crippen molar-refractivity contribution in [3.05, 3.63) is 54.2 Å². The lowest BCUT2D eigenvalue weighted by atomic mass is 10.0. The van der Waals surface area contributed by atoms with Crippen molar-refractivity contribution in [1.82, 2.24) is 24.5 Å². The third-order valence-electron chi connectivity index (χ3n) is 8.13. The summed E-state index contributed by atoms with van der Waals surface area (Å²) in [6.45, 7) is 14.0. The van der Waals surface area contributed by atoms with E-state index in [2.05, 4.69) is 59.2 Å². The number of anilines is 5. The Bertz CT molecular complexity index is 1540. The van der Waals surface area contributed by atoms with E-state index in [1.807, 2.05) is 33.8 Å². The van der Waals surface area contributed by atoms with Crippen molar-refractivity contribution < 1.29 is 13.2 Å². The predicted octanol–water partition coefficient (Wildman–Crippen LogP) is 4.57. The SMILES string of the molecule is COc1cc(N2CCC(N3CCN(C)CC3)CC2)ccc1Nc1ncc(C)c(Nc2cccc(S(=O)(=O)NC(C)(C)C)c2)n1. The second kappa shape index (κ2) is 13.3. The lowest BCUT2D eigenvalue weighted by molar-refractivity contribution is 0.0982. The molecular formula is C32H46N8O3S. The number of ether oxygens (including phenoxy) is 1. The van der Waals surface area contributed by atoms with Crippen LogP contribution in [-0.4, -0.2) is 93.2 Å². The van der Waals surface area contributed by atoms with Crippen molar-refractivity contribution >= 4 is 38.9 Å². The topological polar surface area (TPSA) is 115 Å². The highest BCUT2D eigenvalue weighted by Gasteiger charge is 2.27. The molecule has 5 rings (SSSR count). The first kappa shape index (κ1) is 32.0. The number of methoxy groups -OCH3 is 1. The molecule has 1 aromatic heterocycles. The number of benzene rings is 2. The molecule has 0 spiro atoms. The maximum Gasteiger partial charge on any atom is 0.241 e. The Kier molecular flexibility index (Phi) is 9.64. The van der Waals surface area contributed by atoms with Crippen LogP contribution in [0.25, 0.3) is 0 Å². The first-order chi connectivity index (χ1) is 20.9. The Morgan fingerprint density at radius 1 is 0.955 bits per heavy atom. The molecule has 3 heterocycles. The van der Waals surface area contributed by atoms with Crippen LogP contribution < -0.4 is 25.0 Å². The van der Waals surface area contributed by atoms with E-state index in [0.29, 0.717) is 29.2 Å². The molecule has 0 amide bonds. The Labute approximate surface area is 262 Å². The number of rotatable bonds is 9. The van der Waals surface area contributed by atoms with Gasteiger partial charge in [0.15, 0.2) is 0 Å². The zero-order valence-electron chi connectivity index (χ0n) is 26.7. The number of piperidine rings is 1. The number of nitrogens with one attached hydrogen (secondary N) is 3. The minimum absolute atomic E-state index is 0.177. The van der Waals surface area contributed by atoms with Crippen LogP contribution >= 0.6 is 0 Å². The molecule has 0 saturated carbocycles. The lowest BCUT2D eigenvalue weighted by Gasteiger charge is -2.42. The van der Waals surface area contributed by atoms with Gasteiger partial charge in [-0.25, -0.2) is 18.1 Å². The van der Waals surface area contributed by atoms with Crippen molar-refractivity contribution in [2.24, 2.45) is 0 Å². The van der Waals surface area contributed by atoms with E-state index in [1.165, 1.54) is 12.8 Å². The lowest BCUT2D eigenvalue weighted by Crippen LogP contribution is -2.52. The van der Waals surface area contributed by atoms with Gasteiger partial charge in [0.1, 0.15) is 11.6 Å². The maximum absolute atomic E-state index is 12.9. The first-order valence-electron chi connectivity index (χ1n) is 15.3. The molecule has 238 valence electrons. The van der Waals surface area contributed by atoms with Gasteiger partial charge in [0, 0.05) is 80.1 Å². The van der Waals surface area contributed by atoms with Crippen LogP contribution in [-0.2, 0) is 10.0 Å². The van der Waals surface area contributed by atoms with Crippen molar-refractivity contribution in [1.29, 1.82) is 0 Å². The van der Waals surface area contributed by atoms with Gasteiger partial charge in [-0.1, -0.05) is 6.07 Å². The highest BCUT2D eigenvalue weighted by atomic mass is 32.2. The fourth-order valence-electron chi connectivity index (χ4n) is 5.75. The fourth-order valence-corrected chi connectivity index (χ4v) is 7.21. The number of nitrogens with zero attached hydrogens (tertiary/aromatic N) is 5. The minimum Gasteiger partial charge on any atom is -0.494 e. The highest BCUT2D eigenvalue weighted by Crippen LogP contribution is 2.33. The quantitative estimate of drug-likeness (QED) is 0.314. The van der Waals surface area contributed by atoms with Crippen LogP contribution in [0.3, 0.4) is 0 Å². The summed E-state index contributed by atoms with van der Waals surface area (Å²) in [5.41, 5.74) is 2.74. The standard InChI is InChI=1S/C32H46N8O3S/c1-23-22-33-31(36-30(23)34-24-8-7-9-27(20-24)44(41,42)37-32(2,3)4)35-28-11-10-26(21-29(28)43-6)39-14-12-25(13-15-39)40-18-16-38(5)17-19-40/h7-11,20-22,25,37H,12-19H2,1-6H3,(H2,33,34,35,36). The summed E-state index contributed by atoms with van der Waals surface area (Å²) in [4.78, 5) is 16.9. The van der Waals surface area contributed by atoms with Crippen molar-refractivity contribution in [2.75, 3.05) is 69.0 Å². The Hall–Kier alpha value is -3.45. The number of hydrogen-bond donors (Lipinski definition) is 3. The van der Waals surface area contributed by atoms with E-state index in [9.17, 15) is 8.42 Å². The summed E-state index contributed by atoms with van der Waals surface area (Å²) in [5.74, 6) is 1.68. The summed E-state index contributed by atoms with van der Waals surface area (Å²) < 4.78 is 34.2. The average molecular weight is 623 g/mol. The normalized spacial score (nSPS) is 17.5. The monoisotopic (exact) mass is 622 g/mol. The van der Waals surface area contributed by atoms with Gasteiger partial charge in [-0.3, -0.25) is 4.90 Å². The average Bonchev–Trinajstić information content (AvgIpc) is 2.98. The van der Waals surface area contributed by atoms with E-state index in [0.717, 1.165) is 56.2 Å². The Morgan fingerprint density at radius 2 is 1.68 bits per heavy atom. The second-order valence-corrected chi connectivity index (χ2v) is 14.5. The van der Waals surface area contributed by atoms with E-state index in [4.69, 9.17) is 4.74 Å². The molecule has 11 nitrogen and oxygen atoms in total. The molecular weight excluding hydrogens is 576 g/mol. The number of aromatic nitrogens is 2. The zero-order chi connectivity index (χ0) is 31.5. The summed E-state index contributed by atoms with van der Waals surface area (Å²) in [5, 5.41) is 6.56. The first-order valence-corrected chi connectivity index (χ1v) is 16.8. The molecule has 44 heavy (non-hydrogen) atoms. The zero-order valence-corrected chi connectivity index (χ0v) is 27.5. The molecule has 0 unspecified atom stereocenters. The van der Waals surface area contributed by atoms with Gasteiger partial charge in [0.05, 0.1) is 17.7 Å². The van der Waals surface area contributed by atoms with Crippen LogP contribution in [0.4, 0.5) is 28.8 Å². The van der Waals surface area contributed by atoms with Gasteiger partial charge < -0.3 is 25.2 Å². The Balaban J connectivity index is 1.26. The molecule has 12 heteroatoms.